The van der Waals surface area contributed by atoms with Crippen molar-refractivity contribution >= 4 is 606 Å². The first-order valence-corrected chi connectivity index (χ1v) is 52.4. The summed E-state index contributed by atoms with van der Waals surface area (Å²) in [5.74, 6) is -1.49. The van der Waals surface area contributed by atoms with Crippen molar-refractivity contribution in [2.45, 2.75) is 163 Å². The van der Waals surface area contributed by atoms with Crippen molar-refractivity contribution in [1.82, 2.24) is 0 Å². The van der Waals surface area contributed by atoms with Crippen LogP contribution < -0.4 is 10.6 Å². The first kappa shape index (κ1) is 167. The summed E-state index contributed by atoms with van der Waals surface area (Å²) in [6.07, 6.45) is -56.7. The fraction of sp³-hybridized carbons (Fsp3) is 0.674. The number of carbonyl (C=O) groups excluding carboxylic acids is 2. The standard InChI is InChI=1S/C43H62N2O64S16.14Na/c46-26(44-18-6-10-20(11-7-18)110-42-38(108-124(84,85)86)32(102-118(66,67)68)28(22(96-42)14-90-112(48,49)50)98-40-36(106-122(78,79)80)34(104-120(72,73)74)30(100-116(60,61)62)24(94-40)16-92-114(54,55)56)4-2-1-3-5-27(47)45-19-8-12-21(13-9-19)111-43-39(109-125(87,88)89)33(103-119(69,70)71)29(23(97-43)15-91-113(51,52)53)99-41-37(107-123(81,82)83)35(105-121(75,76)77)31(101-117(63,64)65)25(95-41)17-93-115(57,58)59;;;;;;;;;;;;;;/h6-13,22-25,28-43H,1-5,14-17H2,(H,44,46)(H,45,47)(H,48,49,50)(H,51,52,53)(H,54,55,56)(H,57,58,59)(H,60,61,62)(H,63,64,65)(H,66,67,68)(H,69,70,71)(H,72,73,74)(H,75,76,77)(H,78,79,80)(H,81,82,83)(H,84,85,86)(H,87,88,89);;;;;;;;;;;;;;/t22-,23-,24-,25-,28-,29-,30-,31-,32+,33+,34+,35+,36-,37-,38-,39-,40-,41-,42+,43+;;;;;;;;;;;;;;/m1............../s1. The Morgan fingerprint density at radius 1 is 0.245 bits per heavy atom. The van der Waals surface area contributed by atoms with Crippen LogP contribution in [0.2, 0.25) is 0 Å². The van der Waals surface area contributed by atoms with Gasteiger partial charge in [0.05, 0.1) is 26.4 Å². The maximum Gasteiger partial charge on any atom is 0.397 e. The summed E-state index contributed by atoms with van der Waals surface area (Å²) in [5.41, 5.74) is -4.96. The Kier molecular flexibility index (Phi) is 84.5. The number of hydrogen-bond donors (Lipinski definition) is 16. The summed E-state index contributed by atoms with van der Waals surface area (Å²) in [6, 6.07) is 8.49. The number of ether oxygens (including phenoxy) is 6. The van der Waals surface area contributed by atoms with Gasteiger partial charge in [0.15, 0.2) is 24.8 Å². The number of anilines is 2. The minimum atomic E-state index is -6.28. The molecule has 0 unspecified atom stereocenters. The monoisotopic (exact) mass is 2460 g/mol. The molecule has 4 heterocycles. The van der Waals surface area contributed by atoms with E-state index in [2.05, 4.69) is 69.2 Å². The van der Waals surface area contributed by atoms with Gasteiger partial charge < -0.3 is 39.1 Å². The van der Waals surface area contributed by atoms with Crippen molar-refractivity contribution in [3.63, 3.8) is 0 Å². The van der Waals surface area contributed by atoms with Crippen LogP contribution in [0.3, 0.4) is 0 Å². The molecule has 0 bridgehead atoms. The Balaban J connectivity index is -0.00000172. The molecule has 4 saturated heterocycles. The fourth-order valence-electron chi connectivity index (χ4n) is 10.9. The molecule has 0 aromatic heterocycles. The molecule has 139 heavy (non-hydrogen) atoms. The molecule has 20 atom stereocenters. The molecule has 2 amide bonds. The van der Waals surface area contributed by atoms with Crippen LogP contribution >= 0.6 is 23.5 Å². The number of unbranched alkanes of at least 4 members (excludes halogenated alkanes) is 2. The van der Waals surface area contributed by atoms with Gasteiger partial charge in [0.2, 0.25) is 11.8 Å². The summed E-state index contributed by atoms with van der Waals surface area (Å²) in [4.78, 5) is 25.7. The first-order chi connectivity index (χ1) is 56.4. The second kappa shape index (κ2) is 70.5. The third kappa shape index (κ3) is 67.6. The number of thioether (sulfide) groups is 2. The van der Waals surface area contributed by atoms with E-state index in [-0.39, 0.29) is 491 Å². The van der Waals surface area contributed by atoms with E-state index < -0.39 is 305 Å². The minimum Gasteiger partial charge on any atom is -0.356 e. The van der Waals surface area contributed by atoms with Gasteiger partial charge in [-0.05, 0) is 61.4 Å². The zero-order valence-electron chi connectivity index (χ0n) is 73.7. The van der Waals surface area contributed by atoms with E-state index in [4.69, 9.17) is 28.4 Å². The van der Waals surface area contributed by atoms with Gasteiger partial charge >= 0.3 is 146 Å². The SMILES string of the molecule is O=C(CCCCCC(=O)Nc1ccc(S[C@@H]2O[C@H](COS(=O)(=O)O)[C@@H](O[C@H]3O[C@H](COS(=O)(=O)O)[C@@H](OS(=O)(=O)O)[C@H](OS(=O)(=O)O)[C@H]3OS(=O)(=O)O)[C@H](OS(=O)(=O)O)[C@H]2OS(=O)(=O)O)cc1)Nc1ccc(S[C@@H]2O[C@H](COS(=O)(=O)O)[C@@H](O[C@H]3O[C@H](COS(=O)(=O)O)[C@@H](OS(=O)(=O)O)[C@H](OS(=O)(=O)O)[C@H]3OS(=O)(=O)O)[C@H](OS(=O)(=O)O)[C@H]2OS(=O)(=O)O)cc1.[Na].[Na].[Na].[Na].[Na].[Na].[Na].[Na].[Na].[Na].[Na].[Na].[Na].[Na]. The maximum atomic E-state index is 13.1. The average Bonchev–Trinajstić information content (AvgIpc) is 0.754. The number of carbonyl (C=O) groups is 2. The number of benzene rings is 2. The van der Waals surface area contributed by atoms with Gasteiger partial charge in [0.25, 0.3) is 0 Å². The second-order valence-corrected chi connectivity index (χ2v) is 41.2. The van der Waals surface area contributed by atoms with Gasteiger partial charge in [0.1, 0.15) is 96.3 Å². The topological polar surface area (TPSA) is 1000 Å². The summed E-state index contributed by atoms with van der Waals surface area (Å²) in [6.45, 7) is -7.55. The Morgan fingerprint density at radius 2 is 0.432 bits per heavy atom. The molecule has 0 aliphatic carbocycles. The molecule has 0 saturated carbocycles. The van der Waals surface area contributed by atoms with E-state index in [1.165, 1.54) is 0 Å². The van der Waals surface area contributed by atoms with Crippen molar-refractivity contribution in [3.8, 4) is 0 Å². The van der Waals surface area contributed by atoms with Crippen LogP contribution in [-0.4, -0.2) is 755 Å². The van der Waals surface area contributed by atoms with Crippen LogP contribution in [0.15, 0.2) is 58.3 Å². The number of amides is 2. The predicted octanol–water partition coefficient (Wildman–Crippen LogP) is -12.1. The Labute approximate surface area is 1110 Å². The summed E-state index contributed by atoms with van der Waals surface area (Å²) >= 11 is 0.286. The molecule has 66 nitrogen and oxygen atoms in total. The molecule has 4 aliphatic rings. The minimum absolute atomic E-state index is 0. The molecule has 2 aromatic carbocycles. The van der Waals surface area contributed by atoms with E-state index in [9.17, 15) is 191 Å². The Bertz CT molecular complexity index is 5540. The Hall–Kier alpha value is 10.0. The van der Waals surface area contributed by atoms with Gasteiger partial charge in [0, 0.05) is 448 Å². The van der Waals surface area contributed by atoms with Crippen molar-refractivity contribution in [2.75, 3.05) is 37.1 Å². The molecule has 96 heteroatoms. The van der Waals surface area contributed by atoms with E-state index in [0.717, 1.165) is 48.5 Å². The zero-order valence-corrected chi connectivity index (χ0v) is 115. The smallest absolute Gasteiger partial charge is 0.356 e. The molecule has 4 fully saturated rings. The number of nitrogens with one attached hydrogen (secondary N) is 2. The van der Waals surface area contributed by atoms with Gasteiger partial charge in [-0.3, -0.25) is 73.3 Å². The van der Waals surface area contributed by atoms with Crippen molar-refractivity contribution in [1.29, 1.82) is 0 Å². The third-order valence-corrected chi connectivity index (χ3v) is 23.6. The molecule has 4 aliphatic heterocycles. The second-order valence-electron chi connectivity index (χ2n) is 24.0. The zero-order chi connectivity index (χ0) is 95.0. The van der Waals surface area contributed by atoms with Gasteiger partial charge in [-0.1, -0.05) is 29.9 Å². The summed E-state index contributed by atoms with van der Waals surface area (Å²) in [5, 5.41) is 4.88. The predicted molar refractivity (Wildman–Crippen MR) is 464 cm³/mol. The van der Waals surface area contributed by atoms with Crippen LogP contribution in [0.25, 0.3) is 0 Å². The van der Waals surface area contributed by atoms with Crippen LogP contribution in [0, 0.1) is 0 Å². The van der Waals surface area contributed by atoms with Gasteiger partial charge in [-0.15, -0.1) is 0 Å². The van der Waals surface area contributed by atoms with E-state index in [1.807, 2.05) is 0 Å². The third-order valence-electron chi connectivity index (χ3n) is 14.9. The maximum absolute atomic E-state index is 13.1. The molecule has 0 spiro atoms. The van der Waals surface area contributed by atoms with E-state index >= 15 is 0 Å². The molecular formula is C43H62N2Na14O64S16. The van der Waals surface area contributed by atoms with Crippen LogP contribution in [-0.2, 0) is 242 Å². The van der Waals surface area contributed by atoms with Crippen molar-refractivity contribution in [2.24, 2.45) is 0 Å². The summed E-state index contributed by atoms with van der Waals surface area (Å²) in [7, 11) is -85.1. The van der Waals surface area contributed by atoms with Gasteiger partial charge in [-0.2, -0.15) is 118 Å². The molecule has 2 aromatic rings. The number of hydrogen-bond acceptors (Lipinski definition) is 52. The van der Waals surface area contributed by atoms with E-state index in [0.29, 0.717) is 0 Å². The summed E-state index contributed by atoms with van der Waals surface area (Å²) < 4.78 is 568. The number of rotatable bonds is 48. The van der Waals surface area contributed by atoms with Crippen LogP contribution in [0.5, 0.6) is 0 Å². The van der Waals surface area contributed by atoms with Gasteiger partial charge in [-0.25, -0.2) is 58.6 Å². The largest absolute Gasteiger partial charge is 0.397 e. The van der Waals surface area contributed by atoms with Crippen LogP contribution in [0.1, 0.15) is 32.1 Å². The van der Waals surface area contributed by atoms with Crippen molar-refractivity contribution < 1.29 is 278 Å². The molecule has 16 N–H and O–H groups in total. The van der Waals surface area contributed by atoms with Crippen LogP contribution in [0.4, 0.5) is 11.4 Å². The fourth-order valence-corrected chi connectivity index (χ4v) is 19.4. The molecule has 738 valence electrons. The quantitative estimate of drug-likeness (QED) is 0.0166. The van der Waals surface area contributed by atoms with E-state index in [1.54, 1.807) is 0 Å². The average molecular weight is 2470 g/mol. The normalized spacial score (nSPS) is 25.5. The first-order valence-electron chi connectivity index (χ1n) is 31.5. The molecule has 6 rings (SSSR count). The molecular weight excluding hydrogens is 2400 g/mol. The Morgan fingerprint density at radius 3 is 0.640 bits per heavy atom. The van der Waals surface area contributed by atoms with Crippen molar-refractivity contribution in [3.05, 3.63) is 48.5 Å². The molecule has 14 radical (unpaired) electrons.